The third-order valence-electron chi connectivity index (χ3n) is 5.12. The normalized spacial score (nSPS) is 24.8. The number of hydrogen-bond acceptors (Lipinski definition) is 5. The van der Waals surface area contributed by atoms with E-state index in [-0.39, 0.29) is 17.1 Å². The number of thiazole rings is 1. The van der Waals surface area contributed by atoms with Gasteiger partial charge in [0.2, 0.25) is 15.9 Å². The van der Waals surface area contributed by atoms with Gasteiger partial charge < -0.3 is 5.32 Å². The summed E-state index contributed by atoms with van der Waals surface area (Å²) in [6.45, 7) is 2.51. The molecule has 2 aliphatic rings. The highest BCUT2D eigenvalue weighted by Gasteiger charge is 2.42. The molecule has 0 spiro atoms. The summed E-state index contributed by atoms with van der Waals surface area (Å²) in [5, 5.41) is 5.04. The fourth-order valence-electron chi connectivity index (χ4n) is 3.88. The molecule has 24 heavy (non-hydrogen) atoms. The monoisotopic (exact) mass is 371 g/mol. The zero-order valence-corrected chi connectivity index (χ0v) is 15.7. The molecule has 1 aromatic rings. The minimum absolute atomic E-state index is 0.154. The van der Waals surface area contributed by atoms with Crippen LogP contribution in [0.3, 0.4) is 0 Å². The first-order valence-corrected chi connectivity index (χ1v) is 11.1. The van der Waals surface area contributed by atoms with E-state index in [0.717, 1.165) is 32.1 Å². The molecule has 1 saturated heterocycles. The van der Waals surface area contributed by atoms with Gasteiger partial charge in [0, 0.05) is 18.1 Å². The van der Waals surface area contributed by atoms with Crippen LogP contribution in [-0.2, 0) is 14.8 Å². The molecule has 0 unspecified atom stereocenters. The van der Waals surface area contributed by atoms with Crippen molar-refractivity contribution in [2.45, 2.75) is 57.9 Å². The van der Waals surface area contributed by atoms with Crippen LogP contribution < -0.4 is 5.32 Å². The molecule has 0 aromatic carbocycles. The van der Waals surface area contributed by atoms with Crippen molar-refractivity contribution in [1.29, 1.82) is 0 Å². The second-order valence-electron chi connectivity index (χ2n) is 7.22. The number of aromatic nitrogens is 1. The molecule has 0 bridgehead atoms. The number of nitrogens with zero attached hydrogens (tertiary/aromatic N) is 2. The van der Waals surface area contributed by atoms with E-state index >= 15 is 0 Å². The summed E-state index contributed by atoms with van der Waals surface area (Å²) < 4.78 is 27.3. The number of carbonyl (C=O) groups is 1. The number of sulfonamides is 1. The van der Waals surface area contributed by atoms with Crippen molar-refractivity contribution >= 4 is 32.4 Å². The highest BCUT2D eigenvalue weighted by molar-refractivity contribution is 7.89. The van der Waals surface area contributed by atoms with Gasteiger partial charge in [0.15, 0.2) is 5.13 Å². The predicted octanol–water partition coefficient (Wildman–Crippen LogP) is 2.85. The standard InChI is InChI=1S/C16H25N3O3S2/c1-16(7-3-2-4-8-16)12-24(21,22)19-10-5-6-13(19)14(20)18-15-17-9-11-23-15/h9,11,13H,2-8,10,12H2,1H3,(H,17,18,20)/t13-/m0/s1. The molecule has 3 rings (SSSR count). The number of rotatable bonds is 5. The van der Waals surface area contributed by atoms with Crippen LogP contribution >= 0.6 is 11.3 Å². The second kappa shape index (κ2) is 7.09. The van der Waals surface area contributed by atoms with Crippen LogP contribution in [0.4, 0.5) is 5.13 Å². The van der Waals surface area contributed by atoms with E-state index in [2.05, 4.69) is 17.2 Å². The molecular formula is C16H25N3O3S2. The summed E-state index contributed by atoms with van der Waals surface area (Å²) in [5.74, 6) is -0.110. The Balaban J connectivity index is 1.70. The van der Waals surface area contributed by atoms with Gasteiger partial charge in [0.25, 0.3) is 0 Å². The molecule has 2 fully saturated rings. The number of carbonyl (C=O) groups excluding carboxylic acids is 1. The zero-order chi connectivity index (χ0) is 17.2. The predicted molar refractivity (Wildman–Crippen MR) is 95.5 cm³/mol. The van der Waals surface area contributed by atoms with Gasteiger partial charge >= 0.3 is 0 Å². The Morgan fingerprint density at radius 1 is 1.38 bits per heavy atom. The number of anilines is 1. The molecule has 0 radical (unpaired) electrons. The smallest absolute Gasteiger partial charge is 0.244 e. The summed E-state index contributed by atoms with van der Waals surface area (Å²) in [6, 6.07) is -0.605. The first-order valence-electron chi connectivity index (χ1n) is 8.60. The highest BCUT2D eigenvalue weighted by Crippen LogP contribution is 2.38. The second-order valence-corrected chi connectivity index (χ2v) is 10.0. The van der Waals surface area contributed by atoms with Gasteiger partial charge in [-0.15, -0.1) is 11.3 Å². The summed E-state index contributed by atoms with van der Waals surface area (Å²) in [4.78, 5) is 16.5. The lowest BCUT2D eigenvalue weighted by molar-refractivity contribution is -0.119. The molecule has 1 aliphatic heterocycles. The van der Waals surface area contributed by atoms with Crippen LogP contribution in [0.15, 0.2) is 11.6 Å². The Hall–Kier alpha value is -0.990. The molecular weight excluding hydrogens is 346 g/mol. The van der Waals surface area contributed by atoms with E-state index in [4.69, 9.17) is 0 Å². The molecule has 2 heterocycles. The van der Waals surface area contributed by atoms with Crippen LogP contribution in [0.2, 0.25) is 0 Å². The Bertz CT molecular complexity index is 667. The first-order chi connectivity index (χ1) is 11.4. The topological polar surface area (TPSA) is 79.4 Å². The lowest BCUT2D eigenvalue weighted by Gasteiger charge is -2.35. The number of nitrogens with one attached hydrogen (secondary N) is 1. The largest absolute Gasteiger partial charge is 0.301 e. The van der Waals surface area contributed by atoms with E-state index in [0.29, 0.717) is 18.1 Å². The molecule has 1 aromatic heterocycles. The van der Waals surface area contributed by atoms with Gasteiger partial charge in [0.1, 0.15) is 6.04 Å². The number of hydrogen-bond donors (Lipinski definition) is 1. The van der Waals surface area contributed by atoms with E-state index in [1.54, 1.807) is 11.6 Å². The minimum atomic E-state index is -3.44. The average molecular weight is 372 g/mol. The summed E-state index contributed by atoms with van der Waals surface area (Å²) in [6.07, 6.45) is 8.22. The fraction of sp³-hybridized carbons (Fsp3) is 0.750. The van der Waals surface area contributed by atoms with Gasteiger partial charge in [-0.05, 0) is 31.1 Å². The maximum absolute atomic E-state index is 13.0. The van der Waals surface area contributed by atoms with Gasteiger partial charge in [-0.3, -0.25) is 4.79 Å². The van der Waals surface area contributed by atoms with Crippen LogP contribution in [-0.4, -0.2) is 42.0 Å². The summed E-state index contributed by atoms with van der Waals surface area (Å²) in [7, 11) is -3.44. The van der Waals surface area contributed by atoms with Crippen LogP contribution in [0.5, 0.6) is 0 Å². The molecule has 134 valence electrons. The molecule has 8 heteroatoms. The Morgan fingerprint density at radius 3 is 2.79 bits per heavy atom. The van der Waals surface area contributed by atoms with E-state index in [1.807, 2.05) is 0 Å². The number of amides is 1. The van der Waals surface area contributed by atoms with Crippen LogP contribution in [0, 0.1) is 5.41 Å². The van der Waals surface area contributed by atoms with Gasteiger partial charge in [-0.25, -0.2) is 13.4 Å². The third kappa shape index (κ3) is 3.97. The molecule has 1 amide bonds. The van der Waals surface area contributed by atoms with Gasteiger partial charge in [-0.1, -0.05) is 26.2 Å². The van der Waals surface area contributed by atoms with Crippen molar-refractivity contribution in [3.05, 3.63) is 11.6 Å². The third-order valence-corrected chi connectivity index (χ3v) is 8.02. The van der Waals surface area contributed by atoms with E-state index in [1.165, 1.54) is 22.1 Å². The first kappa shape index (κ1) is 17.8. The highest BCUT2D eigenvalue weighted by atomic mass is 32.2. The SMILES string of the molecule is CC1(CS(=O)(=O)N2CCC[C@H]2C(=O)Nc2nccs2)CCCCC1. The lowest BCUT2D eigenvalue weighted by Crippen LogP contribution is -2.46. The Labute approximate surface area is 147 Å². The van der Waals surface area contributed by atoms with Crippen molar-refractivity contribution in [3.8, 4) is 0 Å². The van der Waals surface area contributed by atoms with Gasteiger partial charge in [0.05, 0.1) is 5.75 Å². The van der Waals surface area contributed by atoms with E-state index in [9.17, 15) is 13.2 Å². The quantitative estimate of drug-likeness (QED) is 0.863. The van der Waals surface area contributed by atoms with Crippen molar-refractivity contribution < 1.29 is 13.2 Å². The van der Waals surface area contributed by atoms with Crippen LogP contribution in [0.25, 0.3) is 0 Å². The maximum Gasteiger partial charge on any atom is 0.244 e. The molecule has 6 nitrogen and oxygen atoms in total. The summed E-state index contributed by atoms with van der Waals surface area (Å²) in [5.41, 5.74) is -0.157. The average Bonchev–Trinajstić information content (AvgIpc) is 3.18. The summed E-state index contributed by atoms with van der Waals surface area (Å²) >= 11 is 1.34. The maximum atomic E-state index is 13.0. The van der Waals surface area contributed by atoms with Crippen molar-refractivity contribution in [3.63, 3.8) is 0 Å². The van der Waals surface area contributed by atoms with Crippen molar-refractivity contribution in [1.82, 2.24) is 9.29 Å². The van der Waals surface area contributed by atoms with Gasteiger partial charge in [-0.2, -0.15) is 4.31 Å². The molecule has 1 N–H and O–H groups in total. The van der Waals surface area contributed by atoms with Crippen LogP contribution in [0.1, 0.15) is 51.9 Å². The fourth-order valence-corrected chi connectivity index (χ4v) is 6.75. The Morgan fingerprint density at radius 2 is 2.12 bits per heavy atom. The molecule has 1 saturated carbocycles. The van der Waals surface area contributed by atoms with E-state index < -0.39 is 16.1 Å². The molecule has 1 aliphatic carbocycles. The minimum Gasteiger partial charge on any atom is -0.301 e. The molecule has 1 atom stereocenters. The van der Waals surface area contributed by atoms with Crippen molar-refractivity contribution in [2.75, 3.05) is 17.6 Å². The van der Waals surface area contributed by atoms with Crippen molar-refractivity contribution in [2.24, 2.45) is 5.41 Å². The lowest BCUT2D eigenvalue weighted by atomic mass is 9.77. The zero-order valence-electron chi connectivity index (χ0n) is 14.0. The Kier molecular flexibility index (Phi) is 5.27.